The van der Waals surface area contributed by atoms with E-state index in [1.54, 1.807) is 54.6 Å². The molecule has 1 aliphatic heterocycles. The number of hydrogen-bond donors (Lipinski definition) is 1. The molecule has 2 aromatic rings. The van der Waals surface area contributed by atoms with Gasteiger partial charge in [-0.2, -0.15) is 0 Å². The highest BCUT2D eigenvalue weighted by Gasteiger charge is 2.50. The van der Waals surface area contributed by atoms with Gasteiger partial charge < -0.3 is 9.84 Å². The maximum atomic E-state index is 12.9. The number of carbonyl (C=O) groups excluding carboxylic acids is 2. The molecular weight excluding hydrogens is 294 g/mol. The third-order valence-corrected chi connectivity index (χ3v) is 4.06. The normalized spacial score (nSPS) is 20.5. The first kappa shape index (κ1) is 15.4. The summed E-state index contributed by atoms with van der Waals surface area (Å²) in [6.45, 7) is 0.308. The Labute approximate surface area is 134 Å². The van der Waals surface area contributed by atoms with Crippen molar-refractivity contribution in [3.8, 4) is 0 Å². The quantitative estimate of drug-likeness (QED) is 0.870. The monoisotopic (exact) mass is 311 g/mol. The predicted octanol–water partition coefficient (Wildman–Crippen LogP) is 1.55. The number of aliphatic hydroxyl groups is 1. The molecule has 2 amide bonds. The van der Waals surface area contributed by atoms with Gasteiger partial charge in [0.25, 0.3) is 11.8 Å². The van der Waals surface area contributed by atoms with Gasteiger partial charge in [-0.25, -0.2) is 0 Å². The topological polar surface area (TPSA) is 66.8 Å². The molecule has 0 aliphatic carbocycles. The van der Waals surface area contributed by atoms with Crippen LogP contribution in [0.3, 0.4) is 0 Å². The summed E-state index contributed by atoms with van der Waals surface area (Å²) in [6.07, 6.45) is 0. The number of imide groups is 1. The smallest absolute Gasteiger partial charge is 0.270 e. The van der Waals surface area contributed by atoms with Gasteiger partial charge in [-0.1, -0.05) is 48.5 Å². The lowest BCUT2D eigenvalue weighted by Crippen LogP contribution is -2.55. The van der Waals surface area contributed by atoms with Gasteiger partial charge in [-0.3, -0.25) is 14.5 Å². The zero-order valence-electron chi connectivity index (χ0n) is 12.7. The Morgan fingerprint density at radius 1 is 1.04 bits per heavy atom. The summed E-state index contributed by atoms with van der Waals surface area (Å²) in [5, 5.41) is 11.3. The zero-order valence-corrected chi connectivity index (χ0v) is 12.7. The van der Waals surface area contributed by atoms with Crippen molar-refractivity contribution >= 4 is 11.8 Å². The minimum atomic E-state index is -1.88. The van der Waals surface area contributed by atoms with E-state index in [0.29, 0.717) is 16.7 Å². The zero-order chi connectivity index (χ0) is 16.4. The van der Waals surface area contributed by atoms with Crippen LogP contribution in [0, 0.1) is 0 Å². The Balaban J connectivity index is 2.19. The highest BCUT2D eigenvalue weighted by molar-refractivity contribution is 6.13. The van der Waals surface area contributed by atoms with Crippen LogP contribution in [0.25, 0.3) is 0 Å². The average Bonchev–Trinajstić information content (AvgIpc) is 2.60. The summed E-state index contributed by atoms with van der Waals surface area (Å²) >= 11 is 0. The Morgan fingerprint density at radius 3 is 2.39 bits per heavy atom. The molecule has 0 saturated heterocycles. The number of carbonyl (C=O) groups is 2. The maximum Gasteiger partial charge on any atom is 0.270 e. The second-order valence-corrected chi connectivity index (χ2v) is 5.38. The Bertz CT molecular complexity index is 744. The van der Waals surface area contributed by atoms with Crippen LogP contribution in [-0.4, -0.2) is 42.1 Å². The fourth-order valence-electron chi connectivity index (χ4n) is 2.88. The van der Waals surface area contributed by atoms with E-state index in [-0.39, 0.29) is 13.2 Å². The molecule has 1 heterocycles. The summed E-state index contributed by atoms with van der Waals surface area (Å²) < 4.78 is 4.98. The minimum absolute atomic E-state index is 0.0949. The summed E-state index contributed by atoms with van der Waals surface area (Å²) in [7, 11) is 1.50. The number of nitrogens with zero attached hydrogens (tertiary/aromatic N) is 1. The fourth-order valence-corrected chi connectivity index (χ4v) is 2.88. The molecule has 0 aromatic heterocycles. The number of ether oxygens (including phenoxy) is 1. The van der Waals surface area contributed by atoms with Gasteiger partial charge in [0.05, 0.1) is 13.2 Å². The molecule has 0 bridgehead atoms. The van der Waals surface area contributed by atoms with E-state index in [4.69, 9.17) is 4.74 Å². The van der Waals surface area contributed by atoms with Crippen molar-refractivity contribution in [1.29, 1.82) is 0 Å². The molecule has 5 heteroatoms. The molecule has 0 fully saturated rings. The van der Waals surface area contributed by atoms with Crippen LogP contribution in [0.1, 0.15) is 21.5 Å². The van der Waals surface area contributed by atoms with Crippen LogP contribution in [0.5, 0.6) is 0 Å². The summed E-state index contributed by atoms with van der Waals surface area (Å²) in [5.74, 6) is -1.06. The fraction of sp³-hybridized carbons (Fsp3) is 0.222. The lowest BCUT2D eigenvalue weighted by atomic mass is 9.79. The van der Waals surface area contributed by atoms with Gasteiger partial charge in [-0.05, 0) is 11.6 Å². The SMILES string of the molecule is COCCN1C(=O)c2ccccc2C(O)(c2ccccc2)C1=O. The number of methoxy groups -OCH3 is 1. The maximum absolute atomic E-state index is 12.9. The van der Waals surface area contributed by atoms with Gasteiger partial charge >= 0.3 is 0 Å². The van der Waals surface area contributed by atoms with E-state index in [1.165, 1.54) is 7.11 Å². The lowest BCUT2D eigenvalue weighted by Gasteiger charge is -2.38. The average molecular weight is 311 g/mol. The Morgan fingerprint density at radius 2 is 1.70 bits per heavy atom. The van der Waals surface area contributed by atoms with Crippen LogP contribution in [-0.2, 0) is 15.1 Å². The van der Waals surface area contributed by atoms with Crippen LogP contribution in [0.2, 0.25) is 0 Å². The van der Waals surface area contributed by atoms with E-state index in [1.807, 2.05) is 0 Å². The van der Waals surface area contributed by atoms with Crippen LogP contribution >= 0.6 is 0 Å². The number of amides is 2. The Hall–Kier alpha value is -2.50. The molecule has 3 rings (SSSR count). The van der Waals surface area contributed by atoms with E-state index < -0.39 is 17.4 Å². The van der Waals surface area contributed by atoms with Crippen molar-refractivity contribution in [1.82, 2.24) is 4.90 Å². The highest BCUT2D eigenvalue weighted by atomic mass is 16.5. The first-order valence-corrected chi connectivity index (χ1v) is 7.33. The van der Waals surface area contributed by atoms with Crippen molar-refractivity contribution in [2.24, 2.45) is 0 Å². The van der Waals surface area contributed by atoms with Gasteiger partial charge in [0, 0.05) is 18.2 Å². The van der Waals surface area contributed by atoms with E-state index >= 15 is 0 Å². The molecule has 1 unspecified atom stereocenters. The number of rotatable bonds is 4. The molecule has 118 valence electrons. The number of benzene rings is 2. The minimum Gasteiger partial charge on any atom is -0.383 e. The second kappa shape index (κ2) is 5.95. The van der Waals surface area contributed by atoms with Gasteiger partial charge in [-0.15, -0.1) is 0 Å². The molecule has 2 aromatic carbocycles. The molecule has 0 spiro atoms. The predicted molar refractivity (Wildman–Crippen MR) is 83.8 cm³/mol. The summed E-state index contributed by atoms with van der Waals surface area (Å²) in [5.41, 5.74) is -0.795. The number of fused-ring (bicyclic) bond motifs is 1. The molecule has 1 atom stereocenters. The standard InChI is InChI=1S/C18H17NO4/c1-23-12-11-19-16(20)14-9-5-6-10-15(14)18(22,17(19)21)13-7-3-2-4-8-13/h2-10,22H,11-12H2,1H3. The summed E-state index contributed by atoms with van der Waals surface area (Å²) in [6, 6.07) is 15.3. The van der Waals surface area contributed by atoms with Gasteiger partial charge in [0.1, 0.15) is 0 Å². The Kier molecular flexibility index (Phi) is 3.98. The molecule has 1 N–H and O–H groups in total. The largest absolute Gasteiger partial charge is 0.383 e. The molecule has 23 heavy (non-hydrogen) atoms. The molecule has 5 nitrogen and oxygen atoms in total. The van der Waals surface area contributed by atoms with E-state index in [9.17, 15) is 14.7 Å². The van der Waals surface area contributed by atoms with Crippen molar-refractivity contribution in [2.45, 2.75) is 5.60 Å². The number of hydrogen-bond acceptors (Lipinski definition) is 4. The highest BCUT2D eigenvalue weighted by Crippen LogP contribution is 2.38. The van der Waals surface area contributed by atoms with Crippen molar-refractivity contribution in [2.75, 3.05) is 20.3 Å². The lowest BCUT2D eigenvalue weighted by molar-refractivity contribution is -0.146. The third-order valence-electron chi connectivity index (χ3n) is 4.06. The van der Waals surface area contributed by atoms with Crippen molar-refractivity contribution in [3.63, 3.8) is 0 Å². The van der Waals surface area contributed by atoms with Crippen LogP contribution in [0.4, 0.5) is 0 Å². The van der Waals surface area contributed by atoms with Crippen LogP contribution < -0.4 is 0 Å². The molecule has 1 aliphatic rings. The van der Waals surface area contributed by atoms with Gasteiger partial charge in [0.15, 0.2) is 5.60 Å². The van der Waals surface area contributed by atoms with Crippen molar-refractivity contribution < 1.29 is 19.4 Å². The molecule has 0 radical (unpaired) electrons. The first-order chi connectivity index (χ1) is 11.1. The third kappa shape index (κ3) is 2.34. The van der Waals surface area contributed by atoms with Gasteiger partial charge in [0.2, 0.25) is 0 Å². The van der Waals surface area contributed by atoms with E-state index in [0.717, 1.165) is 4.90 Å². The van der Waals surface area contributed by atoms with Crippen molar-refractivity contribution in [3.05, 3.63) is 71.3 Å². The van der Waals surface area contributed by atoms with Crippen LogP contribution in [0.15, 0.2) is 54.6 Å². The summed E-state index contributed by atoms with van der Waals surface area (Å²) in [4.78, 5) is 26.6. The molecular formula is C18H17NO4. The van der Waals surface area contributed by atoms with E-state index in [2.05, 4.69) is 0 Å². The first-order valence-electron chi connectivity index (χ1n) is 7.33. The second-order valence-electron chi connectivity index (χ2n) is 5.38. The molecule has 0 saturated carbocycles.